The summed E-state index contributed by atoms with van der Waals surface area (Å²) in [4.78, 5) is 5.75. The molecule has 3 heterocycles. The third-order valence-electron chi connectivity index (χ3n) is 4.89. The predicted octanol–water partition coefficient (Wildman–Crippen LogP) is 4.12. The number of hydrogen-bond acceptors (Lipinski definition) is 4. The van der Waals surface area contributed by atoms with Crippen molar-refractivity contribution in [2.45, 2.75) is 25.4 Å². The van der Waals surface area contributed by atoms with E-state index in [1.54, 1.807) is 18.5 Å². The van der Waals surface area contributed by atoms with E-state index in [1.807, 2.05) is 18.2 Å². The van der Waals surface area contributed by atoms with Crippen LogP contribution in [0.5, 0.6) is 0 Å². The first kappa shape index (κ1) is 21.0. The van der Waals surface area contributed by atoms with E-state index in [2.05, 4.69) is 57.0 Å². The van der Waals surface area contributed by atoms with E-state index >= 15 is 0 Å². The molecule has 0 spiro atoms. The second-order valence-electron chi connectivity index (χ2n) is 7.34. The Labute approximate surface area is 177 Å². The topological polar surface area (TPSA) is 71.8 Å². The number of fused-ring (bicyclic) bond motifs is 1. The normalized spacial score (nSPS) is 16.7. The molecule has 0 radical (unpaired) electrons. The van der Waals surface area contributed by atoms with Gasteiger partial charge in [-0.15, -0.1) is 0 Å². The number of rotatable bonds is 6. The highest BCUT2D eigenvalue weighted by Gasteiger charge is 2.16. The molecule has 1 unspecified atom stereocenters. The van der Waals surface area contributed by atoms with Crippen molar-refractivity contribution >= 4 is 28.6 Å². The van der Waals surface area contributed by atoms with E-state index in [0.29, 0.717) is 6.04 Å². The average molecular weight is 413 g/mol. The van der Waals surface area contributed by atoms with Gasteiger partial charge < -0.3 is 20.5 Å². The summed E-state index contributed by atoms with van der Waals surface area (Å²) in [6.07, 6.45) is 7.68. The van der Waals surface area contributed by atoms with E-state index in [-0.39, 0.29) is 0 Å². The van der Waals surface area contributed by atoms with Crippen LogP contribution in [0.4, 0.5) is 0 Å². The van der Waals surface area contributed by atoms with Gasteiger partial charge in [0.05, 0.1) is 18.6 Å². The number of benzene rings is 1. The van der Waals surface area contributed by atoms with Crippen LogP contribution >= 0.6 is 11.6 Å². The van der Waals surface area contributed by atoms with Gasteiger partial charge in [0.25, 0.3) is 0 Å². The third kappa shape index (κ3) is 6.41. The maximum absolute atomic E-state index is 6.02. The maximum atomic E-state index is 6.02. The first-order chi connectivity index (χ1) is 14.0. The summed E-state index contributed by atoms with van der Waals surface area (Å²) in [5.41, 5.74) is 3.26. The fourth-order valence-electron chi connectivity index (χ4n) is 3.41. The molecule has 1 aliphatic heterocycles. The molecule has 0 bridgehead atoms. The van der Waals surface area contributed by atoms with Crippen LogP contribution in [0.1, 0.15) is 24.1 Å². The number of likely N-dealkylation sites (N-methyl/N-ethyl adjacent to an activating group) is 1. The molecule has 0 amide bonds. The molecule has 4 N–H and O–H groups in total. The fraction of sp³-hybridized carbons (Fsp3) is 0.318. The van der Waals surface area contributed by atoms with Crippen LogP contribution < -0.4 is 10.6 Å². The van der Waals surface area contributed by atoms with Gasteiger partial charge in [0.15, 0.2) is 0 Å². The van der Waals surface area contributed by atoms with Crippen LogP contribution in [-0.2, 0) is 6.54 Å². The Morgan fingerprint density at radius 3 is 2.97 bits per heavy atom. The summed E-state index contributed by atoms with van der Waals surface area (Å²) in [6.45, 7) is 10.6. The van der Waals surface area contributed by atoms with Gasteiger partial charge in [-0.1, -0.05) is 30.8 Å². The molecule has 0 saturated carbocycles. The van der Waals surface area contributed by atoms with Gasteiger partial charge in [-0.3, -0.25) is 5.10 Å². The lowest BCUT2D eigenvalue weighted by Gasteiger charge is -2.31. The fourth-order valence-corrected chi connectivity index (χ4v) is 3.60. The second kappa shape index (κ2) is 10.2. The lowest BCUT2D eigenvalue weighted by atomic mass is 10.1. The van der Waals surface area contributed by atoms with Crippen molar-refractivity contribution in [1.29, 1.82) is 0 Å². The van der Waals surface area contributed by atoms with Gasteiger partial charge in [0, 0.05) is 46.0 Å². The molecular weight excluding hydrogens is 384 g/mol. The molecule has 29 heavy (non-hydrogen) atoms. The molecule has 4 rings (SSSR count). The van der Waals surface area contributed by atoms with Crippen LogP contribution in [0.25, 0.3) is 17.0 Å². The number of likely N-dealkylation sites (tertiary alicyclic amines) is 1. The van der Waals surface area contributed by atoms with Crippen molar-refractivity contribution in [2.24, 2.45) is 0 Å². The van der Waals surface area contributed by atoms with E-state index in [1.165, 1.54) is 19.4 Å². The molecule has 3 aromatic rings. The zero-order valence-electron chi connectivity index (χ0n) is 16.8. The molecule has 1 atom stereocenters. The van der Waals surface area contributed by atoms with E-state index in [0.717, 1.165) is 46.1 Å². The van der Waals surface area contributed by atoms with Gasteiger partial charge in [0.2, 0.25) is 0 Å². The highest BCUT2D eigenvalue weighted by Crippen LogP contribution is 2.20. The van der Waals surface area contributed by atoms with Crippen molar-refractivity contribution in [3.8, 4) is 0 Å². The molecule has 0 aliphatic carbocycles. The molecule has 2 aromatic heterocycles. The lowest BCUT2D eigenvalue weighted by Crippen LogP contribution is -2.45. The number of aromatic amines is 2. The zero-order chi connectivity index (χ0) is 20.6. The highest BCUT2D eigenvalue weighted by atomic mass is 35.5. The predicted molar refractivity (Wildman–Crippen MR) is 122 cm³/mol. The standard InChI is InChI=1S/C17H23ClN4.C5H6N2/c1-12(20-15-4-3-7-22(2)11-15)19-10-16-9-13-8-14(18)5-6-17(13)21-16;1-2-5-3-6-7-4-5/h5-6,8-9,15,19-21H,1,3-4,7,10-11H2,2H3;2-4H,1H2,(H,6,7). The Balaban J connectivity index is 0.000000290. The number of nitrogens with zero attached hydrogens (tertiary/aromatic N) is 2. The minimum Gasteiger partial charge on any atom is -0.368 e. The zero-order valence-corrected chi connectivity index (χ0v) is 17.6. The largest absolute Gasteiger partial charge is 0.368 e. The SMILES string of the molecule is C=C(NCc1cc2cc(Cl)ccc2[nH]1)NC1CCCN(C)C1.C=Cc1cn[nH]c1. The number of aromatic nitrogens is 3. The molecule has 1 saturated heterocycles. The van der Waals surface area contributed by atoms with Crippen LogP contribution in [0.3, 0.4) is 0 Å². The van der Waals surface area contributed by atoms with Gasteiger partial charge in [-0.25, -0.2) is 0 Å². The van der Waals surface area contributed by atoms with Crippen molar-refractivity contribution in [3.05, 3.63) is 71.9 Å². The van der Waals surface area contributed by atoms with Crippen molar-refractivity contribution in [3.63, 3.8) is 0 Å². The number of H-pyrrole nitrogens is 2. The van der Waals surface area contributed by atoms with E-state index < -0.39 is 0 Å². The summed E-state index contributed by atoms with van der Waals surface area (Å²) in [6, 6.07) is 8.49. The Hall–Kier alpha value is -2.70. The van der Waals surface area contributed by atoms with Crippen molar-refractivity contribution in [2.75, 3.05) is 20.1 Å². The van der Waals surface area contributed by atoms with Crippen molar-refractivity contribution in [1.82, 2.24) is 30.7 Å². The molecule has 1 fully saturated rings. The first-order valence-corrected chi connectivity index (χ1v) is 10.2. The van der Waals surface area contributed by atoms with Crippen LogP contribution in [0.15, 0.2) is 55.6 Å². The summed E-state index contributed by atoms with van der Waals surface area (Å²) in [7, 11) is 2.17. The smallest absolute Gasteiger partial charge is 0.0918 e. The van der Waals surface area contributed by atoms with E-state index in [9.17, 15) is 0 Å². The lowest BCUT2D eigenvalue weighted by molar-refractivity contribution is 0.233. The van der Waals surface area contributed by atoms with E-state index in [4.69, 9.17) is 11.6 Å². The Morgan fingerprint density at radius 1 is 1.41 bits per heavy atom. The molecule has 154 valence electrons. The second-order valence-corrected chi connectivity index (χ2v) is 7.78. The summed E-state index contributed by atoms with van der Waals surface area (Å²) in [5, 5.41) is 15.1. The van der Waals surface area contributed by atoms with Gasteiger partial charge in [-0.2, -0.15) is 5.10 Å². The number of halogens is 1. The molecule has 6 nitrogen and oxygen atoms in total. The van der Waals surface area contributed by atoms with Crippen molar-refractivity contribution < 1.29 is 0 Å². The van der Waals surface area contributed by atoms with Crippen LogP contribution in [0.2, 0.25) is 5.02 Å². The first-order valence-electron chi connectivity index (χ1n) is 9.79. The Bertz CT molecular complexity index is 930. The summed E-state index contributed by atoms with van der Waals surface area (Å²) >= 11 is 6.02. The minimum absolute atomic E-state index is 0.486. The third-order valence-corrected chi connectivity index (χ3v) is 5.12. The maximum Gasteiger partial charge on any atom is 0.0918 e. The van der Waals surface area contributed by atoms with Gasteiger partial charge >= 0.3 is 0 Å². The monoisotopic (exact) mass is 412 g/mol. The molecule has 1 aromatic carbocycles. The molecule has 7 heteroatoms. The highest BCUT2D eigenvalue weighted by molar-refractivity contribution is 6.31. The molecule has 1 aliphatic rings. The minimum atomic E-state index is 0.486. The van der Waals surface area contributed by atoms with Gasteiger partial charge in [0.1, 0.15) is 0 Å². The summed E-state index contributed by atoms with van der Waals surface area (Å²) < 4.78 is 0. The van der Waals surface area contributed by atoms with Gasteiger partial charge in [-0.05, 0) is 50.7 Å². The Morgan fingerprint density at radius 2 is 2.28 bits per heavy atom. The number of nitrogens with one attached hydrogen (secondary N) is 4. The van der Waals surface area contributed by atoms with Crippen LogP contribution in [0, 0.1) is 0 Å². The average Bonchev–Trinajstić information content (AvgIpc) is 3.36. The number of piperidine rings is 1. The molecular formula is C22H29ClN6. The Kier molecular flexibility index (Phi) is 7.38. The van der Waals surface area contributed by atoms with Crippen LogP contribution in [-0.4, -0.2) is 46.3 Å². The summed E-state index contributed by atoms with van der Waals surface area (Å²) in [5.74, 6) is 0.886. The quantitative estimate of drug-likeness (QED) is 0.491. The number of hydrogen-bond donors (Lipinski definition) is 4.